The number of benzene rings is 1. The number of esters is 1. The van der Waals surface area contributed by atoms with Gasteiger partial charge in [0.15, 0.2) is 5.78 Å². The van der Waals surface area contributed by atoms with E-state index in [9.17, 15) is 9.59 Å². The third-order valence-electron chi connectivity index (χ3n) is 4.92. The molecule has 2 aromatic rings. The number of ketones is 1. The molecule has 1 aromatic heterocycles. The third kappa shape index (κ3) is 3.49. The molecule has 0 bridgehead atoms. The minimum atomic E-state index is -0.392. The lowest BCUT2D eigenvalue weighted by atomic mass is 9.81. The molecule has 25 heavy (non-hydrogen) atoms. The number of carbonyl (C=O) groups is 2. The molecule has 0 fully saturated rings. The highest BCUT2D eigenvalue weighted by molar-refractivity contribution is 6.30. The zero-order valence-corrected chi connectivity index (χ0v) is 15.4. The van der Waals surface area contributed by atoms with Crippen LogP contribution in [0.3, 0.4) is 0 Å². The van der Waals surface area contributed by atoms with Crippen LogP contribution >= 0.6 is 11.6 Å². The molecule has 2 atom stereocenters. The molecule has 0 amide bonds. The number of carbonyl (C=O) groups excluding carboxylic acids is 2. The summed E-state index contributed by atoms with van der Waals surface area (Å²) in [5.41, 5.74) is 3.66. The van der Waals surface area contributed by atoms with Gasteiger partial charge in [0, 0.05) is 22.7 Å². The van der Waals surface area contributed by atoms with E-state index in [0.29, 0.717) is 34.7 Å². The largest absolute Gasteiger partial charge is 0.458 e. The average molecular weight is 360 g/mol. The highest BCUT2D eigenvalue weighted by atomic mass is 35.5. The predicted molar refractivity (Wildman–Crippen MR) is 97.5 cm³/mol. The second kappa shape index (κ2) is 7.04. The molecule has 132 valence electrons. The van der Waals surface area contributed by atoms with Gasteiger partial charge in [0.25, 0.3) is 0 Å². The summed E-state index contributed by atoms with van der Waals surface area (Å²) >= 11 is 5.95. The first-order valence-electron chi connectivity index (χ1n) is 8.61. The molecule has 1 heterocycles. The van der Waals surface area contributed by atoms with Crippen LogP contribution in [0.4, 0.5) is 0 Å². The third-order valence-corrected chi connectivity index (χ3v) is 5.17. The smallest absolute Gasteiger partial charge is 0.355 e. The van der Waals surface area contributed by atoms with Crippen molar-refractivity contribution in [2.45, 2.75) is 52.1 Å². The summed E-state index contributed by atoms with van der Waals surface area (Å²) in [6, 6.07) is 7.59. The number of nitrogens with one attached hydrogen (secondary N) is 1. The standard InChI is InChI=1S/C20H22ClNO3/c1-4-11(2)25-20(24)19-12(3)18-16(22-19)9-14(10-17(18)23)13-5-7-15(21)8-6-13/h5-8,11,14,22H,4,9-10H2,1-3H3/t11-,14+/m0/s1. The maximum Gasteiger partial charge on any atom is 0.355 e. The van der Waals surface area contributed by atoms with Gasteiger partial charge in [-0.05, 0) is 55.9 Å². The predicted octanol–water partition coefficient (Wildman–Crippen LogP) is 4.84. The summed E-state index contributed by atoms with van der Waals surface area (Å²) in [6.07, 6.45) is 1.74. The summed E-state index contributed by atoms with van der Waals surface area (Å²) in [4.78, 5) is 28.2. The molecule has 0 unspecified atom stereocenters. The number of hydrogen-bond donors (Lipinski definition) is 1. The number of halogens is 1. The SMILES string of the molecule is CC[C@H](C)OC(=O)c1[nH]c2c(c1C)C(=O)C[C@H](c1ccc(Cl)cc1)C2. The van der Waals surface area contributed by atoms with Crippen molar-refractivity contribution >= 4 is 23.4 Å². The topological polar surface area (TPSA) is 59.2 Å². The van der Waals surface area contributed by atoms with Gasteiger partial charge in [-0.15, -0.1) is 0 Å². The summed E-state index contributed by atoms with van der Waals surface area (Å²) in [7, 11) is 0. The van der Waals surface area contributed by atoms with E-state index in [0.717, 1.165) is 17.7 Å². The fourth-order valence-electron chi connectivity index (χ4n) is 3.33. The van der Waals surface area contributed by atoms with Crippen LogP contribution in [0.1, 0.15) is 70.3 Å². The zero-order chi connectivity index (χ0) is 18.1. The van der Waals surface area contributed by atoms with E-state index in [4.69, 9.17) is 16.3 Å². The first-order valence-corrected chi connectivity index (χ1v) is 8.99. The highest BCUT2D eigenvalue weighted by Gasteiger charge is 2.32. The Labute approximate surface area is 152 Å². The summed E-state index contributed by atoms with van der Waals surface area (Å²) in [6.45, 7) is 5.63. The van der Waals surface area contributed by atoms with Crippen molar-refractivity contribution < 1.29 is 14.3 Å². The Morgan fingerprint density at radius 3 is 2.64 bits per heavy atom. The number of H-pyrrole nitrogens is 1. The number of aromatic amines is 1. The normalized spacial score (nSPS) is 17.9. The van der Waals surface area contributed by atoms with Crippen molar-refractivity contribution in [1.29, 1.82) is 0 Å². The van der Waals surface area contributed by atoms with E-state index in [1.165, 1.54) is 0 Å². The Morgan fingerprint density at radius 1 is 1.32 bits per heavy atom. The number of aromatic nitrogens is 1. The molecule has 1 N–H and O–H groups in total. The van der Waals surface area contributed by atoms with Gasteiger partial charge in [-0.3, -0.25) is 4.79 Å². The van der Waals surface area contributed by atoms with Crippen molar-refractivity contribution in [3.05, 3.63) is 57.4 Å². The number of rotatable bonds is 4. The molecular weight excluding hydrogens is 338 g/mol. The van der Waals surface area contributed by atoms with E-state index in [-0.39, 0.29) is 17.8 Å². The van der Waals surface area contributed by atoms with Gasteiger partial charge in [-0.2, -0.15) is 0 Å². The quantitative estimate of drug-likeness (QED) is 0.794. The van der Waals surface area contributed by atoms with Crippen molar-refractivity contribution in [2.24, 2.45) is 0 Å². The lowest BCUT2D eigenvalue weighted by Gasteiger charge is -2.22. The van der Waals surface area contributed by atoms with Gasteiger partial charge in [0.05, 0.1) is 6.10 Å². The molecule has 0 aliphatic heterocycles. The summed E-state index contributed by atoms with van der Waals surface area (Å²) in [5.74, 6) is -0.233. The fourth-order valence-corrected chi connectivity index (χ4v) is 3.46. The van der Waals surface area contributed by atoms with Crippen LogP contribution in [0.15, 0.2) is 24.3 Å². The van der Waals surface area contributed by atoms with Crippen molar-refractivity contribution in [3.63, 3.8) is 0 Å². The lowest BCUT2D eigenvalue weighted by molar-refractivity contribution is 0.0327. The highest BCUT2D eigenvalue weighted by Crippen LogP contribution is 2.35. The van der Waals surface area contributed by atoms with Crippen LogP contribution in [-0.2, 0) is 11.2 Å². The van der Waals surface area contributed by atoms with Crippen LogP contribution in [0.5, 0.6) is 0 Å². The van der Waals surface area contributed by atoms with Gasteiger partial charge in [-0.1, -0.05) is 30.7 Å². The van der Waals surface area contributed by atoms with E-state index < -0.39 is 5.97 Å². The summed E-state index contributed by atoms with van der Waals surface area (Å²) in [5, 5.41) is 0.678. The fraction of sp³-hybridized carbons (Fsp3) is 0.400. The van der Waals surface area contributed by atoms with Crippen LogP contribution < -0.4 is 0 Å². The lowest BCUT2D eigenvalue weighted by Crippen LogP contribution is -2.18. The van der Waals surface area contributed by atoms with E-state index in [1.54, 1.807) is 0 Å². The van der Waals surface area contributed by atoms with E-state index >= 15 is 0 Å². The Morgan fingerprint density at radius 2 is 2.00 bits per heavy atom. The first-order chi connectivity index (χ1) is 11.9. The maximum atomic E-state index is 12.7. The first kappa shape index (κ1) is 17.7. The maximum absolute atomic E-state index is 12.7. The van der Waals surface area contributed by atoms with Crippen molar-refractivity contribution in [1.82, 2.24) is 4.98 Å². The van der Waals surface area contributed by atoms with E-state index in [2.05, 4.69) is 4.98 Å². The van der Waals surface area contributed by atoms with Gasteiger partial charge in [0.1, 0.15) is 5.69 Å². The Kier molecular flexibility index (Phi) is 5.00. The number of Topliss-reactive ketones (excluding diaryl/α,β-unsaturated/α-hetero) is 1. The van der Waals surface area contributed by atoms with Crippen LogP contribution in [-0.4, -0.2) is 22.8 Å². The zero-order valence-electron chi connectivity index (χ0n) is 14.7. The number of fused-ring (bicyclic) bond motifs is 1. The van der Waals surface area contributed by atoms with Crippen molar-refractivity contribution in [2.75, 3.05) is 0 Å². The van der Waals surface area contributed by atoms with Gasteiger partial charge < -0.3 is 9.72 Å². The molecular formula is C20H22ClNO3. The molecule has 4 nitrogen and oxygen atoms in total. The van der Waals surface area contributed by atoms with Crippen LogP contribution in [0.25, 0.3) is 0 Å². The number of ether oxygens (including phenoxy) is 1. The second-order valence-electron chi connectivity index (χ2n) is 6.68. The molecule has 0 spiro atoms. The molecule has 0 saturated carbocycles. The molecule has 0 saturated heterocycles. The Hall–Kier alpha value is -2.07. The van der Waals surface area contributed by atoms with Crippen LogP contribution in [0, 0.1) is 6.92 Å². The minimum Gasteiger partial charge on any atom is -0.458 e. The monoisotopic (exact) mass is 359 g/mol. The van der Waals surface area contributed by atoms with Gasteiger partial charge >= 0.3 is 5.97 Å². The van der Waals surface area contributed by atoms with E-state index in [1.807, 2.05) is 45.0 Å². The molecule has 1 aromatic carbocycles. The van der Waals surface area contributed by atoms with Crippen molar-refractivity contribution in [3.8, 4) is 0 Å². The molecule has 1 aliphatic carbocycles. The second-order valence-corrected chi connectivity index (χ2v) is 7.12. The van der Waals surface area contributed by atoms with Gasteiger partial charge in [-0.25, -0.2) is 4.79 Å². The molecule has 1 aliphatic rings. The summed E-state index contributed by atoms with van der Waals surface area (Å²) < 4.78 is 5.41. The van der Waals surface area contributed by atoms with Gasteiger partial charge in [0.2, 0.25) is 0 Å². The molecule has 3 rings (SSSR count). The molecule has 0 radical (unpaired) electrons. The Bertz CT molecular complexity index is 807. The Balaban J connectivity index is 1.89. The van der Waals surface area contributed by atoms with Crippen LogP contribution in [0.2, 0.25) is 5.02 Å². The number of hydrogen-bond acceptors (Lipinski definition) is 3. The minimum absolute atomic E-state index is 0.0672. The average Bonchev–Trinajstić information content (AvgIpc) is 2.92. The molecule has 5 heteroatoms.